The number of aryl methyl sites for hydroxylation is 2. The minimum absolute atomic E-state index is 0.170. The van der Waals surface area contributed by atoms with Crippen LogP contribution in [0, 0.1) is 6.92 Å². The predicted molar refractivity (Wildman–Crippen MR) is 107 cm³/mol. The van der Waals surface area contributed by atoms with Crippen molar-refractivity contribution >= 4 is 33.1 Å². The SMILES string of the molecule is CCc1cc(C(=O)OCC(=O)c2ccc(S(=O)(=O)N3CCCC3)cc2)sc1C. The van der Waals surface area contributed by atoms with Crippen molar-refractivity contribution < 1.29 is 22.7 Å². The molecule has 2 heterocycles. The largest absolute Gasteiger partial charge is 0.453 e. The summed E-state index contributed by atoms with van der Waals surface area (Å²) in [7, 11) is -3.51. The monoisotopic (exact) mass is 421 g/mol. The number of hydrogen-bond donors (Lipinski definition) is 0. The molecular weight excluding hydrogens is 398 g/mol. The second-order valence-electron chi connectivity index (χ2n) is 6.68. The second-order valence-corrected chi connectivity index (χ2v) is 9.87. The number of benzene rings is 1. The number of nitrogens with zero attached hydrogens (tertiary/aromatic N) is 1. The lowest BCUT2D eigenvalue weighted by Gasteiger charge is -2.15. The van der Waals surface area contributed by atoms with Gasteiger partial charge >= 0.3 is 5.97 Å². The number of sulfonamides is 1. The summed E-state index contributed by atoms with van der Waals surface area (Å²) in [6.07, 6.45) is 2.57. The Morgan fingerprint density at radius 3 is 2.36 bits per heavy atom. The topological polar surface area (TPSA) is 80.8 Å². The molecule has 0 bridgehead atoms. The Hall–Kier alpha value is -2.03. The van der Waals surface area contributed by atoms with E-state index < -0.39 is 16.0 Å². The van der Waals surface area contributed by atoms with E-state index in [0.717, 1.165) is 29.7 Å². The third-order valence-corrected chi connectivity index (χ3v) is 7.80. The van der Waals surface area contributed by atoms with Gasteiger partial charge in [0, 0.05) is 23.5 Å². The van der Waals surface area contributed by atoms with Crippen LogP contribution in [0.2, 0.25) is 0 Å². The molecule has 0 amide bonds. The summed E-state index contributed by atoms with van der Waals surface area (Å²) >= 11 is 1.35. The maximum Gasteiger partial charge on any atom is 0.348 e. The quantitative estimate of drug-likeness (QED) is 0.505. The highest BCUT2D eigenvalue weighted by atomic mass is 32.2. The molecule has 0 unspecified atom stereocenters. The van der Waals surface area contributed by atoms with E-state index in [0.29, 0.717) is 23.5 Å². The first-order valence-electron chi connectivity index (χ1n) is 9.22. The van der Waals surface area contributed by atoms with Crippen molar-refractivity contribution in [1.29, 1.82) is 0 Å². The number of carbonyl (C=O) groups excluding carboxylic acids is 2. The molecule has 1 fully saturated rings. The summed E-state index contributed by atoms with van der Waals surface area (Å²) in [5, 5.41) is 0. The van der Waals surface area contributed by atoms with Crippen LogP contribution in [0.1, 0.15) is 50.2 Å². The molecule has 28 heavy (non-hydrogen) atoms. The van der Waals surface area contributed by atoms with Gasteiger partial charge in [-0.3, -0.25) is 4.79 Å². The number of esters is 1. The van der Waals surface area contributed by atoms with E-state index in [1.807, 2.05) is 13.8 Å². The van der Waals surface area contributed by atoms with E-state index in [1.165, 1.54) is 39.9 Å². The van der Waals surface area contributed by atoms with E-state index in [9.17, 15) is 18.0 Å². The maximum absolute atomic E-state index is 12.5. The van der Waals surface area contributed by atoms with Crippen molar-refractivity contribution in [2.24, 2.45) is 0 Å². The Morgan fingerprint density at radius 2 is 1.79 bits per heavy atom. The van der Waals surface area contributed by atoms with Gasteiger partial charge in [0.2, 0.25) is 10.0 Å². The van der Waals surface area contributed by atoms with Crippen molar-refractivity contribution in [2.45, 2.75) is 38.0 Å². The summed E-state index contributed by atoms with van der Waals surface area (Å²) in [5.74, 6) is -0.892. The third kappa shape index (κ3) is 4.34. The Bertz CT molecular complexity index is 971. The van der Waals surface area contributed by atoms with Crippen LogP contribution in [-0.4, -0.2) is 44.2 Å². The molecule has 1 aromatic heterocycles. The van der Waals surface area contributed by atoms with Gasteiger partial charge in [-0.05, 0) is 62.1 Å². The van der Waals surface area contributed by atoms with Gasteiger partial charge in [0.05, 0.1) is 4.90 Å². The van der Waals surface area contributed by atoms with Crippen LogP contribution in [0.4, 0.5) is 0 Å². The lowest BCUT2D eigenvalue weighted by atomic mass is 10.1. The normalized spacial score (nSPS) is 14.9. The molecule has 0 saturated carbocycles. The van der Waals surface area contributed by atoms with Crippen LogP contribution in [0.5, 0.6) is 0 Å². The first-order valence-corrected chi connectivity index (χ1v) is 11.5. The standard InChI is InChI=1S/C20H23NO5S2/c1-3-15-12-19(27-14(15)2)20(23)26-13-18(22)16-6-8-17(9-7-16)28(24,25)21-10-4-5-11-21/h6-9,12H,3-5,10-11,13H2,1-2H3. The first-order chi connectivity index (χ1) is 13.3. The van der Waals surface area contributed by atoms with Crippen molar-refractivity contribution in [2.75, 3.05) is 19.7 Å². The van der Waals surface area contributed by atoms with E-state index in [2.05, 4.69) is 0 Å². The molecule has 0 spiro atoms. The molecule has 1 saturated heterocycles. The van der Waals surface area contributed by atoms with Crippen LogP contribution in [0.15, 0.2) is 35.2 Å². The molecule has 0 aliphatic carbocycles. The fraction of sp³-hybridized carbons (Fsp3) is 0.400. The number of hydrogen-bond acceptors (Lipinski definition) is 6. The number of ketones is 1. The van der Waals surface area contributed by atoms with Crippen molar-refractivity contribution in [3.63, 3.8) is 0 Å². The lowest BCUT2D eigenvalue weighted by Crippen LogP contribution is -2.27. The molecule has 1 aliphatic heterocycles. The smallest absolute Gasteiger partial charge is 0.348 e. The zero-order chi connectivity index (χ0) is 20.3. The van der Waals surface area contributed by atoms with Gasteiger partial charge in [0.25, 0.3) is 0 Å². The highest BCUT2D eigenvalue weighted by molar-refractivity contribution is 7.89. The van der Waals surface area contributed by atoms with Gasteiger partial charge in [0.1, 0.15) is 4.88 Å². The molecule has 6 nitrogen and oxygen atoms in total. The van der Waals surface area contributed by atoms with Crippen LogP contribution >= 0.6 is 11.3 Å². The van der Waals surface area contributed by atoms with Crippen LogP contribution in [0.3, 0.4) is 0 Å². The van der Waals surface area contributed by atoms with Crippen molar-refractivity contribution in [3.05, 3.63) is 51.2 Å². The fourth-order valence-electron chi connectivity index (χ4n) is 3.15. The van der Waals surface area contributed by atoms with Crippen molar-refractivity contribution in [3.8, 4) is 0 Å². The van der Waals surface area contributed by atoms with Gasteiger partial charge in [-0.1, -0.05) is 6.92 Å². The molecular formula is C20H23NO5S2. The Kier molecular flexibility index (Phi) is 6.32. The zero-order valence-corrected chi connectivity index (χ0v) is 17.6. The van der Waals surface area contributed by atoms with E-state index in [4.69, 9.17) is 4.74 Å². The summed E-state index contributed by atoms with van der Waals surface area (Å²) < 4.78 is 31.6. The van der Waals surface area contributed by atoms with Gasteiger partial charge in [-0.2, -0.15) is 4.31 Å². The number of ether oxygens (including phenoxy) is 1. The molecule has 3 rings (SSSR count). The Balaban J connectivity index is 1.62. The molecule has 1 aromatic carbocycles. The molecule has 2 aromatic rings. The van der Waals surface area contributed by atoms with Crippen LogP contribution < -0.4 is 0 Å². The van der Waals surface area contributed by atoms with Gasteiger partial charge in [0.15, 0.2) is 12.4 Å². The summed E-state index contributed by atoms with van der Waals surface area (Å²) in [6, 6.07) is 7.58. The van der Waals surface area contributed by atoms with Gasteiger partial charge in [-0.25, -0.2) is 13.2 Å². The summed E-state index contributed by atoms with van der Waals surface area (Å²) in [5.41, 5.74) is 1.41. The fourth-order valence-corrected chi connectivity index (χ4v) is 5.67. The first kappa shape index (κ1) is 20.7. The molecule has 1 aliphatic rings. The van der Waals surface area contributed by atoms with Gasteiger partial charge in [-0.15, -0.1) is 11.3 Å². The highest BCUT2D eigenvalue weighted by Crippen LogP contribution is 2.23. The number of Topliss-reactive ketones (excluding diaryl/α,β-unsaturated/α-hetero) is 1. The maximum atomic E-state index is 12.5. The minimum atomic E-state index is -3.51. The summed E-state index contributed by atoms with van der Waals surface area (Å²) in [4.78, 5) is 26.2. The molecule has 8 heteroatoms. The van der Waals surface area contributed by atoms with Crippen LogP contribution in [0.25, 0.3) is 0 Å². The average Bonchev–Trinajstić information content (AvgIpc) is 3.36. The molecule has 0 radical (unpaired) electrons. The van der Waals surface area contributed by atoms with Crippen LogP contribution in [-0.2, 0) is 21.2 Å². The molecule has 0 atom stereocenters. The highest BCUT2D eigenvalue weighted by Gasteiger charge is 2.27. The van der Waals surface area contributed by atoms with Gasteiger partial charge < -0.3 is 4.74 Å². The average molecular weight is 422 g/mol. The van der Waals surface area contributed by atoms with E-state index in [1.54, 1.807) is 6.07 Å². The second kappa shape index (κ2) is 8.55. The van der Waals surface area contributed by atoms with E-state index in [-0.39, 0.29) is 17.3 Å². The van der Waals surface area contributed by atoms with E-state index >= 15 is 0 Å². The molecule has 0 N–H and O–H groups in total. The number of thiophene rings is 1. The lowest BCUT2D eigenvalue weighted by molar-refractivity contribution is 0.0479. The third-order valence-electron chi connectivity index (χ3n) is 4.82. The minimum Gasteiger partial charge on any atom is -0.453 e. The number of rotatable bonds is 7. The predicted octanol–water partition coefficient (Wildman–Crippen LogP) is 3.44. The molecule has 150 valence electrons. The number of carbonyl (C=O) groups is 2. The Labute approximate surface area is 169 Å². The zero-order valence-electron chi connectivity index (χ0n) is 15.9. The summed E-state index contributed by atoms with van der Waals surface area (Å²) in [6.45, 7) is 4.64. The Morgan fingerprint density at radius 1 is 1.14 bits per heavy atom. The van der Waals surface area contributed by atoms with Crippen molar-refractivity contribution in [1.82, 2.24) is 4.31 Å².